The minimum absolute atomic E-state index is 0.125. The predicted molar refractivity (Wildman–Crippen MR) is 99.2 cm³/mol. The minimum Gasteiger partial charge on any atom is -0.456 e. The molecule has 1 heterocycles. The second-order valence-electron chi connectivity index (χ2n) is 6.90. The molecule has 0 unspecified atom stereocenters. The number of carbonyl (C=O) groups is 4. The molecule has 0 aliphatic carbocycles. The van der Waals surface area contributed by atoms with Crippen molar-refractivity contribution in [3.8, 4) is 0 Å². The van der Waals surface area contributed by atoms with E-state index in [2.05, 4.69) is 5.32 Å². The molecule has 2 amide bonds. The van der Waals surface area contributed by atoms with Crippen LogP contribution in [0.2, 0.25) is 0 Å². The quantitative estimate of drug-likeness (QED) is 0.604. The lowest BCUT2D eigenvalue weighted by Crippen LogP contribution is -2.31. The summed E-state index contributed by atoms with van der Waals surface area (Å²) in [6.45, 7) is 5.40. The molecule has 0 spiro atoms. The molecule has 0 aromatic heterocycles. The second-order valence-corrected chi connectivity index (χ2v) is 7.95. The lowest BCUT2D eigenvalue weighted by Gasteiger charge is -2.17. The highest BCUT2D eigenvalue weighted by Crippen LogP contribution is 2.18. The summed E-state index contributed by atoms with van der Waals surface area (Å²) in [6, 6.07) is 6.38. The third-order valence-corrected chi connectivity index (χ3v) is 4.57. The van der Waals surface area contributed by atoms with Crippen molar-refractivity contribution in [2.75, 3.05) is 30.8 Å². The summed E-state index contributed by atoms with van der Waals surface area (Å²) in [5.74, 6) is -0.430. The van der Waals surface area contributed by atoms with Crippen LogP contribution in [0, 0.1) is 5.41 Å². The van der Waals surface area contributed by atoms with Crippen molar-refractivity contribution in [1.29, 1.82) is 0 Å². The van der Waals surface area contributed by atoms with E-state index in [0.717, 1.165) is 11.8 Å². The highest BCUT2D eigenvalue weighted by atomic mass is 32.2. The lowest BCUT2D eigenvalue weighted by atomic mass is 9.95. The Bertz CT molecular complexity index is 709. The molecule has 1 aromatic carbocycles. The summed E-state index contributed by atoms with van der Waals surface area (Å²) < 4.78 is 4.95. The van der Waals surface area contributed by atoms with Crippen LogP contribution in [-0.4, -0.2) is 53.2 Å². The number of benzene rings is 1. The molecule has 8 heteroatoms. The van der Waals surface area contributed by atoms with E-state index in [4.69, 9.17) is 4.74 Å². The van der Waals surface area contributed by atoms with Crippen LogP contribution >= 0.6 is 11.8 Å². The number of thioether (sulfide) groups is 1. The van der Waals surface area contributed by atoms with E-state index in [1.165, 1.54) is 4.90 Å². The first kappa shape index (κ1) is 20.0. The number of carbonyl (C=O) groups excluding carboxylic acids is 4. The van der Waals surface area contributed by atoms with Crippen molar-refractivity contribution in [2.24, 2.45) is 5.41 Å². The number of nitrogens with one attached hydrogen (secondary N) is 1. The molecule has 1 saturated heterocycles. The molecule has 26 heavy (non-hydrogen) atoms. The molecule has 0 saturated carbocycles. The number of esters is 1. The van der Waals surface area contributed by atoms with Gasteiger partial charge in [-0.1, -0.05) is 32.5 Å². The van der Waals surface area contributed by atoms with E-state index in [1.807, 2.05) is 20.8 Å². The van der Waals surface area contributed by atoms with Crippen LogP contribution in [0.15, 0.2) is 24.3 Å². The molecule has 1 aliphatic rings. The Morgan fingerprint density at radius 1 is 1.19 bits per heavy atom. The maximum Gasteiger partial charge on any atom is 0.326 e. The Morgan fingerprint density at radius 3 is 2.38 bits per heavy atom. The zero-order valence-electron chi connectivity index (χ0n) is 15.0. The average Bonchev–Trinajstić information content (AvgIpc) is 2.97. The van der Waals surface area contributed by atoms with Crippen LogP contribution in [-0.2, 0) is 14.3 Å². The summed E-state index contributed by atoms with van der Waals surface area (Å²) >= 11 is 1.16. The maximum absolute atomic E-state index is 12.1. The molecule has 1 aliphatic heterocycles. The van der Waals surface area contributed by atoms with Gasteiger partial charge in [0.2, 0.25) is 5.91 Å². The molecule has 0 bridgehead atoms. The minimum atomic E-state index is -0.608. The van der Waals surface area contributed by atoms with E-state index >= 15 is 0 Å². The smallest absolute Gasteiger partial charge is 0.326 e. The van der Waals surface area contributed by atoms with Crippen molar-refractivity contribution >= 4 is 40.3 Å². The van der Waals surface area contributed by atoms with Crippen LogP contribution in [0.25, 0.3) is 0 Å². The summed E-state index contributed by atoms with van der Waals surface area (Å²) in [5, 5.41) is 2.62. The van der Waals surface area contributed by atoms with E-state index in [-0.39, 0.29) is 30.1 Å². The Morgan fingerprint density at radius 2 is 1.85 bits per heavy atom. The number of rotatable bonds is 6. The lowest BCUT2D eigenvalue weighted by molar-refractivity contribution is -0.142. The number of Topliss-reactive ketones (excluding diaryl/α,β-unsaturated/α-hetero) is 1. The molecular weight excluding hydrogens is 356 g/mol. The largest absolute Gasteiger partial charge is 0.456 e. The molecule has 0 atom stereocenters. The fraction of sp³-hybridized carbons (Fsp3) is 0.444. The van der Waals surface area contributed by atoms with Gasteiger partial charge >= 0.3 is 5.97 Å². The fourth-order valence-electron chi connectivity index (χ4n) is 2.06. The monoisotopic (exact) mass is 378 g/mol. The van der Waals surface area contributed by atoms with E-state index in [1.54, 1.807) is 24.3 Å². The molecular formula is C18H22N2O5S. The number of hydrogen-bond acceptors (Lipinski definition) is 6. The zero-order chi connectivity index (χ0) is 19.3. The standard InChI is InChI=1S/C18H22N2O5S/c1-18(2,3)16(23)19-13-6-4-12(5-7-13)14(21)11-25-15(22)10-20-8-9-26-17(20)24/h4-7H,8-11H2,1-3H3,(H,19,23). The third-order valence-electron chi connectivity index (χ3n) is 3.68. The normalized spacial score (nSPS) is 14.3. The van der Waals surface area contributed by atoms with Gasteiger partial charge in [0.05, 0.1) is 0 Å². The topological polar surface area (TPSA) is 92.8 Å². The maximum atomic E-state index is 12.1. The van der Waals surface area contributed by atoms with E-state index in [0.29, 0.717) is 23.5 Å². The van der Waals surface area contributed by atoms with Crippen molar-refractivity contribution in [2.45, 2.75) is 20.8 Å². The number of anilines is 1. The first-order valence-electron chi connectivity index (χ1n) is 8.19. The van der Waals surface area contributed by atoms with Crippen LogP contribution in [0.3, 0.4) is 0 Å². The number of nitrogens with zero attached hydrogens (tertiary/aromatic N) is 1. The van der Waals surface area contributed by atoms with Crippen molar-refractivity contribution in [3.05, 3.63) is 29.8 Å². The van der Waals surface area contributed by atoms with Gasteiger partial charge < -0.3 is 15.0 Å². The summed E-state index contributed by atoms with van der Waals surface area (Å²) in [4.78, 5) is 48.6. The number of amides is 2. The van der Waals surface area contributed by atoms with Gasteiger partial charge in [0, 0.05) is 29.0 Å². The van der Waals surface area contributed by atoms with Gasteiger partial charge in [0.15, 0.2) is 12.4 Å². The third kappa shape index (κ3) is 5.59. The first-order chi connectivity index (χ1) is 12.2. The molecule has 1 fully saturated rings. The second kappa shape index (κ2) is 8.35. The Kier molecular flexibility index (Phi) is 6.42. The zero-order valence-corrected chi connectivity index (χ0v) is 15.9. The van der Waals surface area contributed by atoms with Gasteiger partial charge in [0.25, 0.3) is 5.24 Å². The molecule has 1 aromatic rings. The molecule has 7 nitrogen and oxygen atoms in total. The summed E-state index contributed by atoms with van der Waals surface area (Å²) in [5.41, 5.74) is 0.445. The highest BCUT2D eigenvalue weighted by molar-refractivity contribution is 8.13. The van der Waals surface area contributed by atoms with Gasteiger partial charge in [0.1, 0.15) is 6.54 Å². The van der Waals surface area contributed by atoms with Crippen molar-refractivity contribution in [3.63, 3.8) is 0 Å². The Balaban J connectivity index is 1.83. The summed E-state index contributed by atoms with van der Waals surface area (Å²) in [6.07, 6.45) is 0. The van der Waals surface area contributed by atoms with Gasteiger partial charge in [-0.3, -0.25) is 19.2 Å². The van der Waals surface area contributed by atoms with E-state index < -0.39 is 11.4 Å². The van der Waals surface area contributed by atoms with Crippen LogP contribution < -0.4 is 5.32 Å². The van der Waals surface area contributed by atoms with E-state index in [9.17, 15) is 19.2 Å². The van der Waals surface area contributed by atoms with Gasteiger partial charge in [-0.15, -0.1) is 0 Å². The van der Waals surface area contributed by atoms with Crippen LogP contribution in [0.5, 0.6) is 0 Å². The average molecular weight is 378 g/mol. The molecule has 2 rings (SSSR count). The summed E-state index contributed by atoms with van der Waals surface area (Å²) in [7, 11) is 0. The van der Waals surface area contributed by atoms with Crippen LogP contribution in [0.1, 0.15) is 31.1 Å². The number of ether oxygens (including phenoxy) is 1. The SMILES string of the molecule is CC(C)(C)C(=O)Nc1ccc(C(=O)COC(=O)CN2CCSC2=O)cc1. The molecule has 0 radical (unpaired) electrons. The van der Waals surface area contributed by atoms with Gasteiger partial charge in [-0.05, 0) is 24.3 Å². The van der Waals surface area contributed by atoms with Crippen molar-refractivity contribution < 1.29 is 23.9 Å². The van der Waals surface area contributed by atoms with Crippen LogP contribution in [0.4, 0.5) is 10.5 Å². The van der Waals surface area contributed by atoms with Crippen molar-refractivity contribution in [1.82, 2.24) is 4.90 Å². The molecule has 140 valence electrons. The predicted octanol–water partition coefficient (Wildman–Crippen LogP) is 2.57. The van der Waals surface area contributed by atoms with Gasteiger partial charge in [-0.2, -0.15) is 0 Å². The number of ketones is 1. The number of hydrogen-bond donors (Lipinski definition) is 1. The molecule has 1 N–H and O–H groups in total. The first-order valence-corrected chi connectivity index (χ1v) is 9.17. The Hall–Kier alpha value is -2.35. The van der Waals surface area contributed by atoms with Gasteiger partial charge in [-0.25, -0.2) is 0 Å². The highest BCUT2D eigenvalue weighted by Gasteiger charge is 2.24. The fourth-order valence-corrected chi connectivity index (χ4v) is 2.88. The Labute approximate surface area is 156 Å².